The van der Waals surface area contributed by atoms with E-state index < -0.39 is 0 Å². The summed E-state index contributed by atoms with van der Waals surface area (Å²) in [6.07, 6.45) is 0. The molecule has 1 rings (SSSR count). The van der Waals surface area contributed by atoms with Crippen LogP contribution in [0.2, 0.25) is 0 Å². The van der Waals surface area contributed by atoms with E-state index in [1.807, 2.05) is 11.9 Å². The van der Waals surface area contributed by atoms with Gasteiger partial charge in [0.1, 0.15) is 0 Å². The summed E-state index contributed by atoms with van der Waals surface area (Å²) in [7, 11) is 1.88. The van der Waals surface area contributed by atoms with E-state index in [1.165, 1.54) is 0 Å². The van der Waals surface area contributed by atoms with Gasteiger partial charge in [0.25, 0.3) is 0 Å². The third-order valence-electron chi connectivity index (χ3n) is 3.20. The molecule has 1 heterocycles. The van der Waals surface area contributed by atoms with E-state index in [4.69, 9.17) is 0 Å². The third kappa shape index (κ3) is 3.47. The predicted octanol–water partition coefficient (Wildman–Crippen LogP) is 0.149. The summed E-state index contributed by atoms with van der Waals surface area (Å²) in [5.74, 6) is 0.134. The molecule has 4 nitrogen and oxygen atoms in total. The zero-order chi connectivity index (χ0) is 11.5. The number of amides is 1. The topological polar surface area (TPSA) is 35.6 Å². The van der Waals surface area contributed by atoms with Gasteiger partial charge in [-0.1, -0.05) is 0 Å². The molecule has 0 aromatic heterocycles. The fraction of sp³-hybridized carbons (Fsp3) is 0.909. The Morgan fingerprint density at radius 2 is 1.93 bits per heavy atom. The Morgan fingerprint density at radius 3 is 2.40 bits per heavy atom. The van der Waals surface area contributed by atoms with Crippen molar-refractivity contribution in [2.45, 2.75) is 26.3 Å². The number of hydrogen-bond donors (Lipinski definition) is 1. The summed E-state index contributed by atoms with van der Waals surface area (Å²) >= 11 is 0. The first-order chi connectivity index (χ1) is 6.93. The molecule has 1 saturated heterocycles. The molecule has 1 aliphatic heterocycles. The van der Waals surface area contributed by atoms with Crippen molar-refractivity contribution in [1.29, 1.82) is 0 Å². The number of nitrogens with zero attached hydrogens (tertiary/aromatic N) is 2. The van der Waals surface area contributed by atoms with Crippen LogP contribution in [0.4, 0.5) is 0 Å². The normalized spacial score (nSPS) is 18.9. The fourth-order valence-electron chi connectivity index (χ4n) is 1.95. The minimum atomic E-state index is -0.0802. The highest BCUT2D eigenvalue weighted by molar-refractivity contribution is 5.73. The Bertz CT molecular complexity index is 222. The SMILES string of the molecule is CC(=O)N(C)C(C)(C)CN1CCNCC1. The number of rotatable bonds is 3. The van der Waals surface area contributed by atoms with Crippen LogP contribution in [0.1, 0.15) is 20.8 Å². The number of likely N-dealkylation sites (N-methyl/N-ethyl adjacent to an activating group) is 1. The highest BCUT2D eigenvalue weighted by Gasteiger charge is 2.28. The van der Waals surface area contributed by atoms with E-state index >= 15 is 0 Å². The molecule has 0 aromatic rings. The van der Waals surface area contributed by atoms with Gasteiger partial charge in [-0.25, -0.2) is 0 Å². The van der Waals surface area contributed by atoms with Gasteiger partial charge in [0.05, 0.1) is 0 Å². The van der Waals surface area contributed by atoms with Gasteiger partial charge in [0.15, 0.2) is 0 Å². The molecular formula is C11H23N3O. The smallest absolute Gasteiger partial charge is 0.219 e. The van der Waals surface area contributed by atoms with E-state index in [9.17, 15) is 4.79 Å². The van der Waals surface area contributed by atoms with Gasteiger partial charge in [-0.2, -0.15) is 0 Å². The molecule has 1 amide bonds. The van der Waals surface area contributed by atoms with Gasteiger partial charge < -0.3 is 10.2 Å². The number of hydrogen-bond acceptors (Lipinski definition) is 3. The van der Waals surface area contributed by atoms with Crippen LogP contribution in [0.5, 0.6) is 0 Å². The van der Waals surface area contributed by atoms with Crippen molar-refractivity contribution in [2.75, 3.05) is 39.8 Å². The molecule has 0 unspecified atom stereocenters. The fourth-order valence-corrected chi connectivity index (χ4v) is 1.95. The summed E-state index contributed by atoms with van der Waals surface area (Å²) in [6, 6.07) is 0. The minimum absolute atomic E-state index is 0.0802. The lowest BCUT2D eigenvalue weighted by Crippen LogP contribution is -2.55. The van der Waals surface area contributed by atoms with Crippen LogP contribution in [-0.2, 0) is 4.79 Å². The maximum Gasteiger partial charge on any atom is 0.219 e. The average Bonchev–Trinajstić information content (AvgIpc) is 2.17. The molecule has 1 fully saturated rings. The summed E-state index contributed by atoms with van der Waals surface area (Å²) in [5, 5.41) is 3.33. The van der Waals surface area contributed by atoms with Gasteiger partial charge >= 0.3 is 0 Å². The molecule has 0 aliphatic carbocycles. The Hall–Kier alpha value is -0.610. The van der Waals surface area contributed by atoms with Crippen molar-refractivity contribution >= 4 is 5.91 Å². The number of nitrogens with one attached hydrogen (secondary N) is 1. The number of carbonyl (C=O) groups excluding carboxylic acids is 1. The van der Waals surface area contributed by atoms with E-state index in [1.54, 1.807) is 6.92 Å². The molecule has 0 saturated carbocycles. The standard InChI is InChI=1S/C11H23N3O/c1-10(15)13(4)11(2,3)9-14-7-5-12-6-8-14/h12H,5-9H2,1-4H3. The van der Waals surface area contributed by atoms with E-state index in [-0.39, 0.29) is 11.4 Å². The highest BCUT2D eigenvalue weighted by atomic mass is 16.2. The number of piperazine rings is 1. The molecule has 0 bridgehead atoms. The van der Waals surface area contributed by atoms with Crippen molar-refractivity contribution in [3.05, 3.63) is 0 Å². The summed E-state index contributed by atoms with van der Waals surface area (Å²) < 4.78 is 0. The second-order valence-electron chi connectivity index (χ2n) is 4.92. The molecule has 0 spiro atoms. The molecule has 15 heavy (non-hydrogen) atoms. The monoisotopic (exact) mass is 213 g/mol. The van der Waals surface area contributed by atoms with Crippen LogP contribution in [0.25, 0.3) is 0 Å². The van der Waals surface area contributed by atoms with Crippen LogP contribution in [-0.4, -0.2) is 61.0 Å². The quantitative estimate of drug-likeness (QED) is 0.725. The van der Waals surface area contributed by atoms with E-state index in [0.29, 0.717) is 0 Å². The Kier molecular flexibility index (Phi) is 4.11. The molecule has 0 radical (unpaired) electrons. The van der Waals surface area contributed by atoms with Gasteiger partial charge in [0, 0.05) is 52.2 Å². The number of carbonyl (C=O) groups is 1. The van der Waals surface area contributed by atoms with Crippen molar-refractivity contribution in [1.82, 2.24) is 15.1 Å². The predicted molar refractivity (Wildman–Crippen MR) is 61.8 cm³/mol. The van der Waals surface area contributed by atoms with Crippen LogP contribution in [0.15, 0.2) is 0 Å². The van der Waals surface area contributed by atoms with Crippen LogP contribution in [0.3, 0.4) is 0 Å². The summed E-state index contributed by atoms with van der Waals surface area (Å²) in [6.45, 7) is 11.1. The first kappa shape index (κ1) is 12.5. The second kappa shape index (κ2) is 4.94. The summed E-state index contributed by atoms with van der Waals surface area (Å²) in [4.78, 5) is 15.6. The Morgan fingerprint density at radius 1 is 1.40 bits per heavy atom. The van der Waals surface area contributed by atoms with E-state index in [2.05, 4.69) is 24.1 Å². The first-order valence-corrected chi connectivity index (χ1v) is 5.61. The first-order valence-electron chi connectivity index (χ1n) is 5.61. The lowest BCUT2D eigenvalue weighted by atomic mass is 10.0. The zero-order valence-corrected chi connectivity index (χ0v) is 10.3. The largest absolute Gasteiger partial charge is 0.340 e. The molecule has 1 N–H and O–H groups in total. The van der Waals surface area contributed by atoms with Crippen molar-refractivity contribution in [3.8, 4) is 0 Å². The van der Waals surface area contributed by atoms with Crippen molar-refractivity contribution < 1.29 is 4.79 Å². The van der Waals surface area contributed by atoms with Crippen LogP contribution in [0, 0.1) is 0 Å². The molecule has 88 valence electrons. The average molecular weight is 213 g/mol. The summed E-state index contributed by atoms with van der Waals surface area (Å²) in [5.41, 5.74) is -0.0802. The van der Waals surface area contributed by atoms with Gasteiger partial charge in [-0.3, -0.25) is 9.69 Å². The van der Waals surface area contributed by atoms with Gasteiger partial charge in [0.2, 0.25) is 5.91 Å². The van der Waals surface area contributed by atoms with Crippen molar-refractivity contribution in [2.24, 2.45) is 0 Å². The minimum Gasteiger partial charge on any atom is -0.340 e. The molecular weight excluding hydrogens is 190 g/mol. The van der Waals surface area contributed by atoms with Crippen LogP contribution >= 0.6 is 0 Å². The lowest BCUT2D eigenvalue weighted by Gasteiger charge is -2.40. The van der Waals surface area contributed by atoms with Gasteiger partial charge in [-0.15, -0.1) is 0 Å². The van der Waals surface area contributed by atoms with Gasteiger partial charge in [-0.05, 0) is 13.8 Å². The van der Waals surface area contributed by atoms with Crippen LogP contribution < -0.4 is 5.32 Å². The van der Waals surface area contributed by atoms with Crippen molar-refractivity contribution in [3.63, 3.8) is 0 Å². The second-order valence-corrected chi connectivity index (χ2v) is 4.92. The molecule has 0 aromatic carbocycles. The van der Waals surface area contributed by atoms with E-state index in [0.717, 1.165) is 32.7 Å². The Labute approximate surface area is 92.6 Å². The zero-order valence-electron chi connectivity index (χ0n) is 10.3. The lowest BCUT2D eigenvalue weighted by molar-refractivity contribution is -0.132. The molecule has 4 heteroatoms. The Balaban J connectivity index is 2.50. The molecule has 1 aliphatic rings. The maximum atomic E-state index is 11.3. The maximum absolute atomic E-state index is 11.3. The molecule has 0 atom stereocenters. The highest BCUT2D eigenvalue weighted by Crippen LogP contribution is 2.14. The third-order valence-corrected chi connectivity index (χ3v) is 3.20.